The molecule has 0 saturated carbocycles. The molecule has 3 rings (SSSR count). The minimum absolute atomic E-state index is 0.0682. The summed E-state index contributed by atoms with van der Waals surface area (Å²) in [5.41, 5.74) is -1.74. The number of sulfonamides is 1. The number of halogens is 2. The lowest BCUT2D eigenvalue weighted by molar-refractivity contribution is -0.124. The van der Waals surface area contributed by atoms with E-state index in [1.54, 1.807) is 12.1 Å². The van der Waals surface area contributed by atoms with Crippen LogP contribution in [0.2, 0.25) is 4.34 Å². The van der Waals surface area contributed by atoms with E-state index in [2.05, 4.69) is 10.0 Å². The van der Waals surface area contributed by atoms with E-state index in [9.17, 15) is 17.6 Å². The Hall–Kier alpha value is -1.99. The number of hydrogen-bond donors (Lipinski definition) is 2. The van der Waals surface area contributed by atoms with E-state index in [-0.39, 0.29) is 36.3 Å². The molecule has 2 aromatic rings. The molecule has 1 aliphatic heterocycles. The van der Waals surface area contributed by atoms with E-state index in [4.69, 9.17) is 16.9 Å². The quantitative estimate of drug-likeness (QED) is 0.738. The molecule has 142 valence electrons. The van der Waals surface area contributed by atoms with Crippen molar-refractivity contribution in [2.45, 2.75) is 18.4 Å². The lowest BCUT2D eigenvalue weighted by atomic mass is 9.88. The largest absolute Gasteiger partial charge is 0.354 e. The number of nitrogens with one attached hydrogen (secondary N) is 2. The van der Waals surface area contributed by atoms with Crippen molar-refractivity contribution in [2.24, 2.45) is 0 Å². The molecule has 0 bridgehead atoms. The van der Waals surface area contributed by atoms with Crippen LogP contribution in [0.1, 0.15) is 22.4 Å². The van der Waals surface area contributed by atoms with Crippen LogP contribution < -0.4 is 10.0 Å². The highest BCUT2D eigenvalue weighted by Crippen LogP contribution is 2.32. The van der Waals surface area contributed by atoms with Crippen molar-refractivity contribution in [3.63, 3.8) is 0 Å². The van der Waals surface area contributed by atoms with Gasteiger partial charge in [0, 0.05) is 17.0 Å². The van der Waals surface area contributed by atoms with E-state index in [1.807, 2.05) is 6.07 Å². The molecule has 6 nitrogen and oxygen atoms in total. The Morgan fingerprint density at radius 2 is 2.15 bits per heavy atom. The lowest BCUT2D eigenvalue weighted by Gasteiger charge is -2.28. The number of amides is 1. The van der Waals surface area contributed by atoms with Crippen molar-refractivity contribution < 1.29 is 17.6 Å². The summed E-state index contributed by atoms with van der Waals surface area (Å²) in [4.78, 5) is 13.3. The van der Waals surface area contributed by atoms with Gasteiger partial charge in [-0.15, -0.1) is 11.3 Å². The fourth-order valence-electron chi connectivity index (χ4n) is 3.01. The maximum Gasteiger partial charge on any atom is 0.246 e. The number of nitrogens with zero attached hydrogens (tertiary/aromatic N) is 1. The maximum absolute atomic E-state index is 14.6. The fourth-order valence-corrected chi connectivity index (χ4v) is 5.65. The highest BCUT2D eigenvalue weighted by Gasteiger charge is 2.48. The van der Waals surface area contributed by atoms with Crippen LogP contribution in [0.4, 0.5) is 4.39 Å². The van der Waals surface area contributed by atoms with Crippen molar-refractivity contribution in [1.82, 2.24) is 10.0 Å². The van der Waals surface area contributed by atoms with Crippen LogP contribution in [-0.4, -0.2) is 26.6 Å². The van der Waals surface area contributed by atoms with Crippen LogP contribution in [0.15, 0.2) is 30.3 Å². The molecule has 1 atom stereocenters. The molecule has 0 spiro atoms. The van der Waals surface area contributed by atoms with Gasteiger partial charge in [-0.3, -0.25) is 4.79 Å². The summed E-state index contributed by atoms with van der Waals surface area (Å²) in [5.74, 6) is -1.69. The molecule has 1 fully saturated rings. The molecule has 1 aromatic heterocycles. The minimum Gasteiger partial charge on any atom is -0.354 e. The number of thiophene rings is 1. The predicted molar refractivity (Wildman–Crippen MR) is 100 cm³/mol. The van der Waals surface area contributed by atoms with E-state index in [0.29, 0.717) is 4.34 Å². The summed E-state index contributed by atoms with van der Waals surface area (Å²) in [6, 6.07) is 8.85. The highest BCUT2D eigenvalue weighted by atomic mass is 35.5. The first kappa shape index (κ1) is 19.8. The summed E-state index contributed by atoms with van der Waals surface area (Å²) in [5, 5.41) is 11.4. The summed E-state index contributed by atoms with van der Waals surface area (Å²) < 4.78 is 42.8. The Bertz CT molecular complexity index is 1030. The Morgan fingerprint density at radius 3 is 2.70 bits per heavy atom. The third kappa shape index (κ3) is 4.14. The van der Waals surface area contributed by atoms with E-state index >= 15 is 0 Å². The number of nitriles is 1. The second kappa shape index (κ2) is 7.56. The van der Waals surface area contributed by atoms with Gasteiger partial charge in [0.2, 0.25) is 15.9 Å². The molecule has 1 aromatic carbocycles. The van der Waals surface area contributed by atoms with Crippen molar-refractivity contribution in [3.8, 4) is 6.07 Å². The van der Waals surface area contributed by atoms with Gasteiger partial charge in [-0.05, 0) is 37.1 Å². The first-order chi connectivity index (χ1) is 12.8. The highest BCUT2D eigenvalue weighted by molar-refractivity contribution is 7.89. The molecule has 0 radical (unpaired) electrons. The van der Waals surface area contributed by atoms with Gasteiger partial charge in [-0.25, -0.2) is 12.8 Å². The number of benzene rings is 1. The summed E-state index contributed by atoms with van der Waals surface area (Å²) in [6.07, 6.45) is 0.291. The molecule has 10 heteroatoms. The van der Waals surface area contributed by atoms with Gasteiger partial charge in [0.1, 0.15) is 11.4 Å². The van der Waals surface area contributed by atoms with E-state index < -0.39 is 27.3 Å². The second-order valence-electron chi connectivity index (χ2n) is 6.09. The predicted octanol–water partition coefficient (Wildman–Crippen LogP) is 2.29. The van der Waals surface area contributed by atoms with Crippen LogP contribution in [0.5, 0.6) is 0 Å². The molecule has 1 amide bonds. The van der Waals surface area contributed by atoms with E-state index in [0.717, 1.165) is 10.9 Å². The number of carbonyl (C=O) groups is 1. The van der Waals surface area contributed by atoms with Crippen LogP contribution in [0, 0.1) is 17.1 Å². The summed E-state index contributed by atoms with van der Waals surface area (Å²) in [6.45, 7) is 0.210. The van der Waals surface area contributed by atoms with Crippen LogP contribution in [0.25, 0.3) is 0 Å². The topological polar surface area (TPSA) is 99.1 Å². The van der Waals surface area contributed by atoms with Gasteiger partial charge in [0.25, 0.3) is 0 Å². The maximum atomic E-state index is 14.6. The van der Waals surface area contributed by atoms with Crippen molar-refractivity contribution in [1.29, 1.82) is 5.26 Å². The average molecular weight is 428 g/mol. The third-order valence-electron chi connectivity index (χ3n) is 4.31. The Labute approximate surface area is 165 Å². The molecule has 1 aliphatic rings. The SMILES string of the molecule is N#Cc1ccc([C@@]2(NS(=O)(=O)CCc3ccc(Cl)s3)CCNC2=O)c(F)c1. The molecule has 2 heterocycles. The fraction of sp³-hybridized carbons (Fsp3) is 0.294. The Kier molecular flexibility index (Phi) is 5.53. The van der Waals surface area contributed by atoms with Gasteiger partial charge in [-0.1, -0.05) is 17.7 Å². The molecule has 0 aliphatic carbocycles. The van der Waals surface area contributed by atoms with Gasteiger partial charge in [-0.2, -0.15) is 9.98 Å². The summed E-state index contributed by atoms with van der Waals surface area (Å²) >= 11 is 7.12. The smallest absolute Gasteiger partial charge is 0.246 e. The molecule has 2 N–H and O–H groups in total. The van der Waals surface area contributed by atoms with Gasteiger partial charge < -0.3 is 5.32 Å². The van der Waals surface area contributed by atoms with Gasteiger partial charge >= 0.3 is 0 Å². The van der Waals surface area contributed by atoms with Crippen LogP contribution in [0.3, 0.4) is 0 Å². The molecule has 27 heavy (non-hydrogen) atoms. The standard InChI is InChI=1S/C17H15ClFN3O3S2/c18-15-4-2-12(26-15)5-8-27(24,25)22-17(6-7-21-16(17)23)13-3-1-11(10-20)9-14(13)19/h1-4,9,22H,5-8H2,(H,21,23)/t17-/m0/s1. The van der Waals surface area contributed by atoms with Crippen molar-refractivity contribution in [3.05, 3.63) is 56.5 Å². The number of hydrogen-bond acceptors (Lipinski definition) is 5. The number of carbonyl (C=O) groups excluding carboxylic acids is 1. The van der Waals surface area contributed by atoms with Gasteiger partial charge in [0.05, 0.1) is 21.7 Å². The molecular weight excluding hydrogens is 413 g/mol. The summed E-state index contributed by atoms with van der Waals surface area (Å²) in [7, 11) is -3.90. The third-order valence-corrected chi connectivity index (χ3v) is 7.00. The van der Waals surface area contributed by atoms with Crippen molar-refractivity contribution in [2.75, 3.05) is 12.3 Å². The van der Waals surface area contributed by atoms with Crippen molar-refractivity contribution >= 4 is 38.9 Å². The Balaban J connectivity index is 1.89. The van der Waals surface area contributed by atoms with E-state index in [1.165, 1.54) is 23.5 Å². The lowest BCUT2D eigenvalue weighted by Crippen LogP contribution is -2.52. The average Bonchev–Trinajstić information content (AvgIpc) is 3.19. The molecular formula is C17H15ClFN3O3S2. The minimum atomic E-state index is -3.90. The number of rotatable bonds is 6. The first-order valence-electron chi connectivity index (χ1n) is 8.00. The van der Waals surface area contributed by atoms with Crippen LogP contribution >= 0.6 is 22.9 Å². The number of aryl methyl sites for hydroxylation is 1. The zero-order chi connectivity index (χ0) is 19.7. The molecule has 0 unspecified atom stereocenters. The normalized spacial score (nSPS) is 19.7. The zero-order valence-corrected chi connectivity index (χ0v) is 16.3. The zero-order valence-electron chi connectivity index (χ0n) is 14.0. The monoisotopic (exact) mass is 427 g/mol. The Morgan fingerprint density at radius 1 is 1.37 bits per heavy atom. The second-order valence-corrected chi connectivity index (χ2v) is 9.74. The van der Waals surface area contributed by atoms with Gasteiger partial charge in [0.15, 0.2) is 0 Å². The first-order valence-corrected chi connectivity index (χ1v) is 10.8. The molecule has 1 saturated heterocycles. The van der Waals surface area contributed by atoms with Crippen LogP contribution in [-0.2, 0) is 26.8 Å².